The minimum absolute atomic E-state index is 0.976. The number of anilines is 1. The average molecular weight is 194 g/mol. The summed E-state index contributed by atoms with van der Waals surface area (Å²) in [5.41, 5.74) is 0. The maximum atomic E-state index is 4.24. The molecular weight excluding hydrogens is 176 g/mol. The standard InChI is InChI=1S/C10H18N4/c1-3-7-14(8-6-11-2)10-4-5-12-9-13-10/h4-5,9,11H,3,6-8H2,1-2H3. The molecule has 1 aromatic rings. The molecule has 14 heavy (non-hydrogen) atoms. The molecule has 0 fully saturated rings. The molecule has 0 aliphatic heterocycles. The van der Waals surface area contributed by atoms with E-state index in [0.717, 1.165) is 31.9 Å². The van der Waals surface area contributed by atoms with Gasteiger partial charge in [-0.1, -0.05) is 6.92 Å². The van der Waals surface area contributed by atoms with Gasteiger partial charge in [-0.05, 0) is 19.5 Å². The lowest BCUT2D eigenvalue weighted by Gasteiger charge is -2.22. The molecule has 78 valence electrons. The highest BCUT2D eigenvalue weighted by Crippen LogP contribution is 2.07. The van der Waals surface area contributed by atoms with Crippen LogP contribution in [0.15, 0.2) is 18.6 Å². The molecule has 0 aliphatic rings. The van der Waals surface area contributed by atoms with Gasteiger partial charge < -0.3 is 10.2 Å². The lowest BCUT2D eigenvalue weighted by molar-refractivity contribution is 0.701. The van der Waals surface area contributed by atoms with Gasteiger partial charge in [0.15, 0.2) is 0 Å². The normalized spacial score (nSPS) is 10.1. The van der Waals surface area contributed by atoms with Crippen LogP contribution in [0.25, 0.3) is 0 Å². The molecule has 0 radical (unpaired) electrons. The van der Waals surface area contributed by atoms with Crippen molar-refractivity contribution in [3.63, 3.8) is 0 Å². The number of aromatic nitrogens is 2. The van der Waals surface area contributed by atoms with Gasteiger partial charge in [-0.2, -0.15) is 0 Å². The fraction of sp³-hybridized carbons (Fsp3) is 0.600. The van der Waals surface area contributed by atoms with Crippen LogP contribution in [0.2, 0.25) is 0 Å². The summed E-state index contributed by atoms with van der Waals surface area (Å²) in [5.74, 6) is 1.01. The van der Waals surface area contributed by atoms with E-state index >= 15 is 0 Å². The third-order valence-corrected chi connectivity index (χ3v) is 2.02. The fourth-order valence-corrected chi connectivity index (χ4v) is 1.33. The highest BCUT2D eigenvalue weighted by atomic mass is 15.2. The minimum Gasteiger partial charge on any atom is -0.355 e. The summed E-state index contributed by atoms with van der Waals surface area (Å²) in [5, 5.41) is 3.14. The summed E-state index contributed by atoms with van der Waals surface area (Å²) in [6, 6.07) is 1.95. The Morgan fingerprint density at radius 2 is 2.29 bits per heavy atom. The van der Waals surface area contributed by atoms with Crippen molar-refractivity contribution < 1.29 is 0 Å². The Kier molecular flexibility index (Phi) is 4.93. The van der Waals surface area contributed by atoms with Crippen molar-refractivity contribution in [2.24, 2.45) is 0 Å². The van der Waals surface area contributed by atoms with Crippen LogP contribution in [0.1, 0.15) is 13.3 Å². The zero-order valence-electron chi connectivity index (χ0n) is 8.90. The molecule has 0 saturated carbocycles. The number of likely N-dealkylation sites (N-methyl/N-ethyl adjacent to an activating group) is 1. The van der Waals surface area contributed by atoms with E-state index < -0.39 is 0 Å². The highest BCUT2D eigenvalue weighted by molar-refractivity contribution is 5.36. The van der Waals surface area contributed by atoms with Gasteiger partial charge in [0.25, 0.3) is 0 Å². The Morgan fingerprint density at radius 1 is 1.43 bits per heavy atom. The molecular formula is C10H18N4. The van der Waals surface area contributed by atoms with Gasteiger partial charge in [0.1, 0.15) is 12.1 Å². The zero-order valence-corrected chi connectivity index (χ0v) is 8.90. The molecule has 0 atom stereocenters. The van der Waals surface area contributed by atoms with Crippen molar-refractivity contribution >= 4 is 5.82 Å². The molecule has 4 nitrogen and oxygen atoms in total. The van der Waals surface area contributed by atoms with E-state index in [2.05, 4.69) is 27.1 Å². The Labute approximate surface area is 85.4 Å². The molecule has 4 heteroatoms. The maximum Gasteiger partial charge on any atom is 0.131 e. The predicted octanol–water partition coefficient (Wildman–Crippen LogP) is 0.912. The van der Waals surface area contributed by atoms with Crippen LogP contribution in [-0.4, -0.2) is 36.6 Å². The van der Waals surface area contributed by atoms with E-state index in [1.165, 1.54) is 0 Å². The summed E-state index contributed by atoms with van der Waals surface area (Å²) >= 11 is 0. The van der Waals surface area contributed by atoms with E-state index in [4.69, 9.17) is 0 Å². The van der Waals surface area contributed by atoms with Crippen LogP contribution in [-0.2, 0) is 0 Å². The highest BCUT2D eigenvalue weighted by Gasteiger charge is 2.04. The van der Waals surface area contributed by atoms with Crippen LogP contribution in [0.4, 0.5) is 5.82 Å². The van der Waals surface area contributed by atoms with Crippen molar-refractivity contribution in [1.82, 2.24) is 15.3 Å². The lowest BCUT2D eigenvalue weighted by atomic mass is 10.4. The molecule has 1 heterocycles. The van der Waals surface area contributed by atoms with Crippen molar-refractivity contribution in [1.29, 1.82) is 0 Å². The zero-order chi connectivity index (χ0) is 10.2. The summed E-state index contributed by atoms with van der Waals surface area (Å²) in [6.07, 6.45) is 4.51. The topological polar surface area (TPSA) is 41.0 Å². The average Bonchev–Trinajstić information content (AvgIpc) is 2.25. The van der Waals surface area contributed by atoms with E-state index in [1.807, 2.05) is 13.1 Å². The van der Waals surface area contributed by atoms with Gasteiger partial charge in [0, 0.05) is 25.8 Å². The first kappa shape index (κ1) is 10.9. The van der Waals surface area contributed by atoms with Gasteiger partial charge >= 0.3 is 0 Å². The monoisotopic (exact) mass is 194 g/mol. The Hall–Kier alpha value is -1.16. The van der Waals surface area contributed by atoms with Gasteiger partial charge in [0.05, 0.1) is 0 Å². The summed E-state index contributed by atoms with van der Waals surface area (Å²) in [6.45, 7) is 5.18. The molecule has 1 rings (SSSR count). The number of nitrogens with one attached hydrogen (secondary N) is 1. The number of nitrogens with zero attached hydrogens (tertiary/aromatic N) is 3. The smallest absolute Gasteiger partial charge is 0.131 e. The maximum absolute atomic E-state index is 4.24. The van der Waals surface area contributed by atoms with Gasteiger partial charge in [-0.25, -0.2) is 9.97 Å². The molecule has 0 aliphatic carbocycles. The molecule has 0 amide bonds. The Balaban J connectivity index is 2.58. The second-order valence-corrected chi connectivity index (χ2v) is 3.16. The van der Waals surface area contributed by atoms with Crippen LogP contribution >= 0.6 is 0 Å². The third kappa shape index (κ3) is 3.30. The molecule has 0 bridgehead atoms. The lowest BCUT2D eigenvalue weighted by Crippen LogP contribution is -2.32. The molecule has 1 aromatic heterocycles. The first-order chi connectivity index (χ1) is 6.88. The predicted molar refractivity (Wildman–Crippen MR) is 58.5 cm³/mol. The van der Waals surface area contributed by atoms with Gasteiger partial charge in [-0.15, -0.1) is 0 Å². The SMILES string of the molecule is CCCN(CCNC)c1ccncn1. The van der Waals surface area contributed by atoms with Crippen LogP contribution < -0.4 is 10.2 Å². The van der Waals surface area contributed by atoms with Gasteiger partial charge in [-0.3, -0.25) is 0 Å². The number of hydrogen-bond acceptors (Lipinski definition) is 4. The largest absolute Gasteiger partial charge is 0.355 e. The van der Waals surface area contributed by atoms with Crippen molar-refractivity contribution in [2.75, 3.05) is 31.6 Å². The van der Waals surface area contributed by atoms with E-state index in [1.54, 1.807) is 12.5 Å². The summed E-state index contributed by atoms with van der Waals surface area (Å²) in [4.78, 5) is 10.4. The summed E-state index contributed by atoms with van der Waals surface area (Å²) in [7, 11) is 1.96. The molecule has 0 unspecified atom stereocenters. The third-order valence-electron chi connectivity index (χ3n) is 2.02. The second-order valence-electron chi connectivity index (χ2n) is 3.16. The van der Waals surface area contributed by atoms with E-state index in [9.17, 15) is 0 Å². The number of rotatable bonds is 6. The van der Waals surface area contributed by atoms with Crippen molar-refractivity contribution in [2.45, 2.75) is 13.3 Å². The molecule has 1 N–H and O–H groups in total. The minimum atomic E-state index is 0.976. The van der Waals surface area contributed by atoms with E-state index in [0.29, 0.717) is 0 Å². The Morgan fingerprint density at radius 3 is 2.86 bits per heavy atom. The summed E-state index contributed by atoms with van der Waals surface area (Å²) < 4.78 is 0. The van der Waals surface area contributed by atoms with Crippen LogP contribution in [0.3, 0.4) is 0 Å². The van der Waals surface area contributed by atoms with Crippen LogP contribution in [0, 0.1) is 0 Å². The molecule has 0 aromatic carbocycles. The molecule has 0 saturated heterocycles. The van der Waals surface area contributed by atoms with Crippen molar-refractivity contribution in [3.05, 3.63) is 18.6 Å². The van der Waals surface area contributed by atoms with E-state index in [-0.39, 0.29) is 0 Å². The quantitative estimate of drug-likeness (QED) is 0.731. The molecule has 0 spiro atoms. The van der Waals surface area contributed by atoms with Gasteiger partial charge in [0.2, 0.25) is 0 Å². The van der Waals surface area contributed by atoms with Crippen molar-refractivity contribution in [3.8, 4) is 0 Å². The first-order valence-corrected chi connectivity index (χ1v) is 5.04. The Bertz CT molecular complexity index is 237. The number of hydrogen-bond donors (Lipinski definition) is 1. The fourth-order valence-electron chi connectivity index (χ4n) is 1.33. The second kappa shape index (κ2) is 6.32. The first-order valence-electron chi connectivity index (χ1n) is 5.04. The van der Waals surface area contributed by atoms with Crippen LogP contribution in [0.5, 0.6) is 0 Å².